The largest absolute Gasteiger partial charge is 0.462 e. The van der Waals surface area contributed by atoms with E-state index in [1.165, 1.54) is 25.7 Å². The smallest absolute Gasteiger partial charge is 0.302 e. The van der Waals surface area contributed by atoms with Crippen LogP contribution >= 0.6 is 0 Å². The molecule has 0 spiro atoms. The van der Waals surface area contributed by atoms with Crippen LogP contribution in [-0.2, 0) is 9.53 Å². The molecule has 166 valence electrons. The third kappa shape index (κ3) is 3.14. The van der Waals surface area contributed by atoms with Crippen LogP contribution in [0.4, 0.5) is 0 Å². The summed E-state index contributed by atoms with van der Waals surface area (Å²) in [6.45, 7) is 6.35. The molecule has 0 saturated heterocycles. The van der Waals surface area contributed by atoms with Crippen molar-refractivity contribution in [3.63, 3.8) is 0 Å². The molecule has 0 aliphatic heterocycles. The molecule has 4 aliphatic carbocycles. The second kappa shape index (κ2) is 7.60. The van der Waals surface area contributed by atoms with Crippen LogP contribution in [0.5, 0.6) is 0 Å². The van der Waals surface area contributed by atoms with Gasteiger partial charge in [-0.1, -0.05) is 50.3 Å². The minimum atomic E-state index is -0.132. The van der Waals surface area contributed by atoms with Crippen molar-refractivity contribution >= 4 is 11.8 Å². The molecule has 0 aromatic heterocycles. The molecule has 1 aromatic rings. The molecule has 0 unspecified atom stereocenters. The van der Waals surface area contributed by atoms with Crippen LogP contribution in [0.2, 0.25) is 0 Å². The molecule has 3 nitrogen and oxygen atoms in total. The third-order valence-corrected chi connectivity index (χ3v) is 9.85. The molecule has 1 aromatic carbocycles. The third-order valence-electron chi connectivity index (χ3n) is 9.85. The summed E-state index contributed by atoms with van der Waals surface area (Å²) < 4.78 is 5.96. The maximum Gasteiger partial charge on any atom is 0.302 e. The standard InChI is InChI=1S/C28H36O3/c1-18(29)31-25-11-7-10-20-12-13-21-22-14-15-24(26(30)19-8-5-4-6-9-19)27(22,2)17-16-23(21)28(20,25)3/h4-6,8-9,15,20-23,25H,7,10-14,16-17H2,1-3H3/t20-,21+,22-,23-,25+,27-,28-/m1/s1. The minimum absolute atomic E-state index is 0.0249. The number of ketones is 1. The molecule has 0 bridgehead atoms. The fraction of sp³-hybridized carbons (Fsp3) is 0.643. The fourth-order valence-electron chi connectivity index (χ4n) is 8.34. The number of esters is 1. The van der Waals surface area contributed by atoms with E-state index in [2.05, 4.69) is 19.9 Å². The SMILES string of the molecule is CC(=O)O[C@H]1CCC[C@@H]2CC[C@@H]3[C@@H](CC[C@@]4(C)C(C(=O)c5ccccc5)=CC[C@H]34)[C@@]21C. The minimum Gasteiger partial charge on any atom is -0.462 e. The van der Waals surface area contributed by atoms with Crippen LogP contribution < -0.4 is 0 Å². The molecule has 3 saturated carbocycles. The summed E-state index contributed by atoms with van der Waals surface area (Å²) in [5, 5.41) is 0. The fourth-order valence-corrected chi connectivity index (χ4v) is 8.34. The Kier molecular flexibility index (Phi) is 5.14. The maximum atomic E-state index is 13.4. The molecule has 7 atom stereocenters. The highest BCUT2D eigenvalue weighted by atomic mass is 16.5. The van der Waals surface area contributed by atoms with Crippen LogP contribution in [0.25, 0.3) is 0 Å². The molecule has 0 radical (unpaired) electrons. The molecular weight excluding hydrogens is 384 g/mol. The van der Waals surface area contributed by atoms with Crippen molar-refractivity contribution in [2.75, 3.05) is 0 Å². The number of allylic oxidation sites excluding steroid dienone is 2. The van der Waals surface area contributed by atoms with Gasteiger partial charge in [0, 0.05) is 23.5 Å². The van der Waals surface area contributed by atoms with Gasteiger partial charge in [0.2, 0.25) is 0 Å². The van der Waals surface area contributed by atoms with E-state index >= 15 is 0 Å². The molecule has 0 N–H and O–H groups in total. The van der Waals surface area contributed by atoms with Crippen LogP contribution in [0.15, 0.2) is 42.0 Å². The number of benzene rings is 1. The lowest BCUT2D eigenvalue weighted by Crippen LogP contribution is -2.58. The summed E-state index contributed by atoms with van der Waals surface area (Å²) in [4.78, 5) is 25.3. The van der Waals surface area contributed by atoms with Gasteiger partial charge in [-0.25, -0.2) is 0 Å². The van der Waals surface area contributed by atoms with E-state index in [1.54, 1.807) is 6.92 Å². The van der Waals surface area contributed by atoms with Gasteiger partial charge in [-0.3, -0.25) is 9.59 Å². The number of Topliss-reactive ketones (excluding diaryl/α,β-unsaturated/α-hetero) is 1. The maximum absolute atomic E-state index is 13.4. The number of hydrogen-bond donors (Lipinski definition) is 0. The molecule has 5 rings (SSSR count). The Morgan fingerprint density at radius 1 is 0.968 bits per heavy atom. The Morgan fingerprint density at radius 3 is 2.48 bits per heavy atom. The first-order valence-electron chi connectivity index (χ1n) is 12.3. The van der Waals surface area contributed by atoms with E-state index in [9.17, 15) is 9.59 Å². The van der Waals surface area contributed by atoms with Gasteiger partial charge in [-0.05, 0) is 80.5 Å². The molecule has 4 aliphatic rings. The zero-order chi connectivity index (χ0) is 21.8. The van der Waals surface area contributed by atoms with E-state index in [0.717, 1.165) is 36.8 Å². The van der Waals surface area contributed by atoms with E-state index < -0.39 is 0 Å². The number of carbonyl (C=O) groups excluding carboxylic acids is 2. The zero-order valence-corrected chi connectivity index (χ0v) is 19.2. The van der Waals surface area contributed by atoms with E-state index in [1.807, 2.05) is 30.3 Å². The lowest BCUT2D eigenvalue weighted by atomic mass is 9.44. The predicted molar refractivity (Wildman–Crippen MR) is 122 cm³/mol. The molecule has 0 heterocycles. The van der Waals surface area contributed by atoms with Crippen LogP contribution in [0, 0.1) is 34.5 Å². The number of ether oxygens (including phenoxy) is 1. The Labute approximate surface area is 186 Å². The van der Waals surface area contributed by atoms with Crippen LogP contribution in [-0.4, -0.2) is 17.9 Å². The molecule has 3 heteroatoms. The van der Waals surface area contributed by atoms with E-state index in [0.29, 0.717) is 23.7 Å². The highest BCUT2D eigenvalue weighted by molar-refractivity contribution is 6.09. The van der Waals surface area contributed by atoms with Crippen molar-refractivity contribution in [3.05, 3.63) is 47.5 Å². The van der Waals surface area contributed by atoms with Gasteiger partial charge in [0.15, 0.2) is 5.78 Å². The summed E-state index contributed by atoms with van der Waals surface area (Å²) in [5.74, 6) is 2.50. The van der Waals surface area contributed by atoms with Gasteiger partial charge in [-0.2, -0.15) is 0 Å². The lowest BCUT2D eigenvalue weighted by Gasteiger charge is -2.61. The van der Waals surface area contributed by atoms with Crippen molar-refractivity contribution < 1.29 is 14.3 Å². The lowest BCUT2D eigenvalue weighted by molar-refractivity contribution is -0.187. The Balaban J connectivity index is 1.43. The summed E-state index contributed by atoms with van der Waals surface area (Å²) in [6, 6.07) is 9.78. The second-order valence-corrected chi connectivity index (χ2v) is 11.1. The second-order valence-electron chi connectivity index (χ2n) is 11.1. The first kappa shape index (κ1) is 21.0. The van der Waals surface area contributed by atoms with Crippen molar-refractivity contribution in [3.8, 4) is 0 Å². The van der Waals surface area contributed by atoms with Crippen LogP contribution in [0.3, 0.4) is 0 Å². The van der Waals surface area contributed by atoms with Crippen molar-refractivity contribution in [1.29, 1.82) is 0 Å². The summed E-state index contributed by atoms with van der Waals surface area (Å²) >= 11 is 0. The van der Waals surface area contributed by atoms with E-state index in [4.69, 9.17) is 4.74 Å². The normalized spacial score (nSPS) is 41.4. The van der Waals surface area contributed by atoms with Crippen molar-refractivity contribution in [1.82, 2.24) is 0 Å². The molecular formula is C28H36O3. The van der Waals surface area contributed by atoms with Crippen molar-refractivity contribution in [2.24, 2.45) is 34.5 Å². The number of fused-ring (bicyclic) bond motifs is 5. The first-order chi connectivity index (χ1) is 14.9. The highest BCUT2D eigenvalue weighted by Gasteiger charge is 2.61. The first-order valence-corrected chi connectivity index (χ1v) is 12.3. The monoisotopic (exact) mass is 420 g/mol. The van der Waals surface area contributed by atoms with E-state index in [-0.39, 0.29) is 28.7 Å². The number of hydrogen-bond acceptors (Lipinski definition) is 3. The Hall–Kier alpha value is -1.90. The quantitative estimate of drug-likeness (QED) is 0.421. The van der Waals surface area contributed by atoms with Crippen molar-refractivity contribution in [2.45, 2.75) is 78.2 Å². The van der Waals surface area contributed by atoms with Gasteiger partial charge in [0.05, 0.1) is 0 Å². The predicted octanol–water partition coefficient (Wildman–Crippen LogP) is 6.38. The molecule has 0 amide bonds. The Morgan fingerprint density at radius 2 is 1.74 bits per heavy atom. The molecule has 31 heavy (non-hydrogen) atoms. The molecule has 3 fully saturated rings. The van der Waals surface area contributed by atoms with Gasteiger partial charge >= 0.3 is 5.97 Å². The zero-order valence-electron chi connectivity index (χ0n) is 19.2. The summed E-state index contributed by atoms with van der Waals surface area (Å²) in [5.41, 5.74) is 1.92. The highest BCUT2D eigenvalue weighted by Crippen LogP contribution is 2.66. The average Bonchev–Trinajstić information content (AvgIpc) is 3.11. The average molecular weight is 421 g/mol. The van der Waals surface area contributed by atoms with Gasteiger partial charge < -0.3 is 4.74 Å². The topological polar surface area (TPSA) is 43.4 Å². The Bertz CT molecular complexity index is 902. The van der Waals surface area contributed by atoms with Gasteiger partial charge in [0.25, 0.3) is 0 Å². The van der Waals surface area contributed by atoms with Gasteiger partial charge in [0.1, 0.15) is 6.10 Å². The summed E-state index contributed by atoms with van der Waals surface area (Å²) in [7, 11) is 0. The van der Waals surface area contributed by atoms with Gasteiger partial charge in [-0.15, -0.1) is 0 Å². The number of rotatable bonds is 3. The van der Waals surface area contributed by atoms with Crippen LogP contribution in [0.1, 0.15) is 82.5 Å². The summed E-state index contributed by atoms with van der Waals surface area (Å²) in [6.07, 6.45) is 11.5. The number of carbonyl (C=O) groups is 2.